The smallest absolute Gasteiger partial charge is 0.329 e. The fourth-order valence-electron chi connectivity index (χ4n) is 11.3. The lowest BCUT2D eigenvalue weighted by atomic mass is 9.78. The summed E-state index contributed by atoms with van der Waals surface area (Å²) in [5, 5.41) is 23.8. The Morgan fingerprint density at radius 3 is 2.32 bits per heavy atom. The van der Waals surface area contributed by atoms with Crippen molar-refractivity contribution >= 4 is 29.2 Å². The van der Waals surface area contributed by atoms with E-state index in [0.29, 0.717) is 83.6 Å². The maximum atomic E-state index is 14.6. The van der Waals surface area contributed by atoms with Crippen LogP contribution >= 0.6 is 0 Å². The van der Waals surface area contributed by atoms with Gasteiger partial charge in [0.25, 0.3) is 11.7 Å². The summed E-state index contributed by atoms with van der Waals surface area (Å²) in [7, 11) is 4.68. The Kier molecular flexibility index (Phi) is 25.4. The quantitative estimate of drug-likeness (QED) is 0.0908. The van der Waals surface area contributed by atoms with Gasteiger partial charge in [-0.25, -0.2) is 4.79 Å². The Labute approximate surface area is 446 Å². The molecule has 16 atom stereocenters. The summed E-state index contributed by atoms with van der Waals surface area (Å²) in [5.41, 5.74) is 1.24. The highest BCUT2D eigenvalue weighted by Crippen LogP contribution is 2.38. The summed E-state index contributed by atoms with van der Waals surface area (Å²) in [6.45, 7) is 15.3. The SMILES string of the molecule is COCCO[C@@H]1CC[C@@H](C[C@@H](C)[C@@H]2CC(=O)[C@H](C)/C=C(\C)[C@@H](O)[C@@H](OC)C(=O)[C@H](C)C[C@H](C)/C=C/C=C/C=C(\C)[C@H](OC[C@@H]3COCCO3)C[C@@H]3CC[C@@H](C)[C@@](O)(O3)C(=O)C(=O)N3CCCC[C@H]3C(=O)O2)C[C@H]1OC. The Balaban J connectivity index is 1.47. The number of fused-ring (bicyclic) bond motifs is 3. The first-order valence-corrected chi connectivity index (χ1v) is 27.7. The molecule has 17 nitrogen and oxygen atoms in total. The average molecular weight is 1060 g/mol. The van der Waals surface area contributed by atoms with E-state index in [4.69, 9.17) is 42.6 Å². The van der Waals surface area contributed by atoms with E-state index in [0.717, 1.165) is 18.4 Å². The molecule has 1 amide bonds. The highest BCUT2D eigenvalue weighted by Gasteiger charge is 2.53. The lowest BCUT2D eigenvalue weighted by Gasteiger charge is -2.43. The molecule has 4 fully saturated rings. The van der Waals surface area contributed by atoms with Gasteiger partial charge >= 0.3 is 5.97 Å². The number of piperidine rings is 1. The molecule has 0 aromatic rings. The molecule has 2 N–H and O–H groups in total. The minimum absolute atomic E-state index is 0.00616. The molecule has 0 spiro atoms. The van der Waals surface area contributed by atoms with Crippen molar-refractivity contribution in [3.63, 3.8) is 0 Å². The summed E-state index contributed by atoms with van der Waals surface area (Å²) < 4.78 is 53.4. The maximum Gasteiger partial charge on any atom is 0.329 e. The van der Waals surface area contributed by atoms with E-state index in [1.807, 2.05) is 58.1 Å². The summed E-state index contributed by atoms with van der Waals surface area (Å²) >= 11 is 0. The third-order valence-electron chi connectivity index (χ3n) is 16.2. The van der Waals surface area contributed by atoms with Crippen LogP contribution in [-0.4, -0.2) is 173 Å². The van der Waals surface area contributed by atoms with Gasteiger partial charge in [0.2, 0.25) is 5.79 Å². The van der Waals surface area contributed by atoms with E-state index in [-0.39, 0.29) is 80.0 Å². The number of esters is 1. The molecule has 5 rings (SSSR count). The third kappa shape index (κ3) is 17.8. The van der Waals surface area contributed by atoms with E-state index in [1.54, 1.807) is 41.1 Å². The molecular weight excluding hydrogens is 967 g/mol. The van der Waals surface area contributed by atoms with Gasteiger partial charge in [0.15, 0.2) is 5.78 Å². The molecule has 0 aromatic carbocycles. The second-order valence-electron chi connectivity index (χ2n) is 22.1. The summed E-state index contributed by atoms with van der Waals surface area (Å²) in [6, 6.07) is -1.16. The van der Waals surface area contributed by atoms with Crippen LogP contribution in [0.1, 0.15) is 126 Å². The Morgan fingerprint density at radius 1 is 0.840 bits per heavy atom. The van der Waals surface area contributed by atoms with Gasteiger partial charge in [-0.3, -0.25) is 19.2 Å². The highest BCUT2D eigenvalue weighted by molar-refractivity contribution is 6.39. The first kappa shape index (κ1) is 62.4. The van der Waals surface area contributed by atoms with E-state index in [9.17, 15) is 34.2 Å². The van der Waals surface area contributed by atoms with E-state index in [2.05, 4.69) is 0 Å². The number of rotatable bonds is 12. The van der Waals surface area contributed by atoms with Crippen molar-refractivity contribution in [1.29, 1.82) is 0 Å². The maximum absolute atomic E-state index is 14.6. The summed E-state index contributed by atoms with van der Waals surface area (Å²) in [4.78, 5) is 73.0. The minimum atomic E-state index is -2.48. The van der Waals surface area contributed by atoms with Crippen LogP contribution in [0.15, 0.2) is 47.6 Å². The fraction of sp³-hybridized carbons (Fsp3) is 0.776. The third-order valence-corrected chi connectivity index (χ3v) is 16.2. The molecule has 4 aliphatic heterocycles. The predicted molar refractivity (Wildman–Crippen MR) is 280 cm³/mol. The number of aliphatic hydroxyl groups is 2. The van der Waals surface area contributed by atoms with E-state index in [1.165, 1.54) is 12.0 Å². The Hall–Kier alpha value is -3.49. The van der Waals surface area contributed by atoms with Crippen molar-refractivity contribution in [2.45, 2.75) is 186 Å². The van der Waals surface area contributed by atoms with Crippen LogP contribution in [0.2, 0.25) is 0 Å². The summed E-state index contributed by atoms with van der Waals surface area (Å²) in [5.74, 6) is -8.06. The number of nitrogens with zero attached hydrogens (tertiary/aromatic N) is 1. The number of allylic oxidation sites excluding steroid dienone is 6. The molecule has 5 aliphatic rings. The zero-order chi connectivity index (χ0) is 54.8. The van der Waals surface area contributed by atoms with Gasteiger partial charge < -0.3 is 57.7 Å². The highest BCUT2D eigenvalue weighted by atomic mass is 16.6. The number of Topliss-reactive ketones (excluding diaryl/α,β-unsaturated/α-hetero) is 3. The van der Waals surface area contributed by atoms with Crippen molar-refractivity contribution in [1.82, 2.24) is 4.90 Å². The number of amides is 1. The second-order valence-corrected chi connectivity index (χ2v) is 22.1. The van der Waals surface area contributed by atoms with Crippen LogP contribution in [0, 0.1) is 35.5 Å². The number of ketones is 3. The molecule has 3 saturated heterocycles. The topological polar surface area (TPSA) is 212 Å². The van der Waals surface area contributed by atoms with Gasteiger partial charge in [-0.15, -0.1) is 0 Å². The molecule has 0 aromatic heterocycles. The van der Waals surface area contributed by atoms with Gasteiger partial charge in [-0.1, -0.05) is 71.1 Å². The number of carbonyl (C=O) groups is 5. The molecule has 2 bridgehead atoms. The van der Waals surface area contributed by atoms with Crippen molar-refractivity contribution in [3.8, 4) is 0 Å². The van der Waals surface area contributed by atoms with Crippen molar-refractivity contribution in [3.05, 3.63) is 47.6 Å². The zero-order valence-electron chi connectivity index (χ0n) is 46.6. The van der Waals surface area contributed by atoms with Crippen LogP contribution in [-0.2, 0) is 66.6 Å². The van der Waals surface area contributed by atoms with Gasteiger partial charge in [0.1, 0.15) is 36.2 Å². The second kappa shape index (κ2) is 30.6. The lowest BCUT2D eigenvalue weighted by molar-refractivity contribution is -0.266. The Morgan fingerprint density at radius 2 is 1.61 bits per heavy atom. The van der Waals surface area contributed by atoms with E-state index >= 15 is 0 Å². The number of hydrogen-bond donors (Lipinski definition) is 2. The van der Waals surface area contributed by atoms with Crippen LogP contribution in [0.25, 0.3) is 0 Å². The zero-order valence-corrected chi connectivity index (χ0v) is 46.6. The molecule has 17 heteroatoms. The first-order valence-electron chi connectivity index (χ1n) is 27.7. The fourth-order valence-corrected chi connectivity index (χ4v) is 11.3. The molecule has 424 valence electrons. The predicted octanol–water partition coefficient (Wildman–Crippen LogP) is 6.64. The molecule has 75 heavy (non-hydrogen) atoms. The molecule has 1 saturated carbocycles. The standard InChI is InChI=1S/C58H91NO16/c1-36-16-12-11-13-17-37(2)49(73-35-45-34-70-25-27-71-45)32-44-21-19-42(7)58(66,75-44)55(63)56(64)59-23-15-14-18-46(59)57(65)74-50(39(4)30-43-20-22-48(51(31-43)68-9)72-26-24-67-8)33-47(60)38(3)29-41(6)53(62)54(69-10)52(61)40(5)28-36/h11-13,16-17,29,36,38-40,42-46,48-51,53-54,62,66H,14-15,18-28,30-35H2,1-10H3/b13-11+,16-12+,37-17+,41-29+/t36-,38-,39-,40-,42-,43+,44+,45+,46+,48-,49-,50+,51-,53-,54+,58-/m1/s1. The number of aliphatic hydroxyl groups excluding tert-OH is 1. The van der Waals surface area contributed by atoms with Gasteiger partial charge in [-0.2, -0.15) is 0 Å². The molecular formula is C58H91NO16. The largest absolute Gasteiger partial charge is 0.460 e. The molecule has 1 aliphatic carbocycles. The molecule has 0 unspecified atom stereocenters. The molecule has 0 radical (unpaired) electrons. The van der Waals surface area contributed by atoms with Gasteiger partial charge in [0.05, 0.1) is 64.1 Å². The van der Waals surface area contributed by atoms with Gasteiger partial charge in [0, 0.05) is 58.5 Å². The number of cyclic esters (lactones) is 1. The van der Waals surface area contributed by atoms with Crippen molar-refractivity contribution in [2.24, 2.45) is 35.5 Å². The lowest BCUT2D eigenvalue weighted by Crippen LogP contribution is -2.61. The van der Waals surface area contributed by atoms with Crippen LogP contribution in [0.5, 0.6) is 0 Å². The average Bonchev–Trinajstić information content (AvgIpc) is 3.40. The van der Waals surface area contributed by atoms with Crippen LogP contribution in [0.4, 0.5) is 0 Å². The van der Waals surface area contributed by atoms with Crippen molar-refractivity contribution < 1.29 is 76.8 Å². The number of carbonyl (C=O) groups excluding carboxylic acids is 5. The van der Waals surface area contributed by atoms with Crippen LogP contribution < -0.4 is 0 Å². The minimum Gasteiger partial charge on any atom is -0.460 e. The van der Waals surface area contributed by atoms with E-state index < -0.39 is 77.8 Å². The number of ether oxygens (including phenoxy) is 9. The monoisotopic (exact) mass is 1060 g/mol. The number of methoxy groups -OCH3 is 3. The van der Waals surface area contributed by atoms with Crippen molar-refractivity contribution in [2.75, 3.05) is 67.5 Å². The Bertz CT molecular complexity index is 1980. The normalized spacial score (nSPS) is 38.8. The van der Waals surface area contributed by atoms with Gasteiger partial charge in [-0.05, 0) is 107 Å². The first-order chi connectivity index (χ1) is 35.8. The molecule has 4 heterocycles. The van der Waals surface area contributed by atoms with Crippen LogP contribution in [0.3, 0.4) is 0 Å². The number of hydrogen-bond acceptors (Lipinski definition) is 16. The summed E-state index contributed by atoms with van der Waals surface area (Å²) in [6.07, 6.45) is 11.7.